The molecule has 0 saturated carbocycles. The number of nitrogens with one attached hydrogen (secondary N) is 1. The summed E-state index contributed by atoms with van der Waals surface area (Å²) in [7, 11) is 0. The Kier molecular flexibility index (Phi) is 4.08. The Morgan fingerprint density at radius 2 is 2.24 bits per heavy atom. The second-order valence-electron chi connectivity index (χ2n) is 6.15. The van der Waals surface area contributed by atoms with Crippen molar-refractivity contribution in [1.82, 2.24) is 10.2 Å². The Morgan fingerprint density at radius 1 is 1.47 bits per heavy atom. The second kappa shape index (κ2) is 5.22. The summed E-state index contributed by atoms with van der Waals surface area (Å²) in [5.74, 6) is 0. The first-order chi connectivity index (χ1) is 8.04. The Balaban J connectivity index is 2.07. The lowest BCUT2D eigenvalue weighted by Crippen LogP contribution is -2.61. The topological polar surface area (TPSA) is 44.7 Å². The first-order valence-electron chi connectivity index (χ1n) is 6.73. The van der Waals surface area contributed by atoms with E-state index in [0.717, 1.165) is 26.2 Å². The van der Waals surface area contributed by atoms with Gasteiger partial charge in [-0.1, -0.05) is 13.8 Å². The molecule has 0 aromatic carbocycles. The average Bonchev–Trinajstić information content (AvgIpc) is 2.30. The molecule has 2 saturated heterocycles. The minimum atomic E-state index is -0.00288. The van der Waals surface area contributed by atoms with Crippen LogP contribution in [0, 0.1) is 5.41 Å². The predicted octanol–water partition coefficient (Wildman–Crippen LogP) is 0.456. The molecule has 3 unspecified atom stereocenters. The number of hydrogen-bond donors (Lipinski definition) is 2. The Morgan fingerprint density at radius 3 is 2.88 bits per heavy atom. The molecule has 17 heavy (non-hydrogen) atoms. The van der Waals surface area contributed by atoms with Crippen LogP contribution >= 0.6 is 0 Å². The number of ether oxygens (including phenoxy) is 1. The van der Waals surface area contributed by atoms with Crippen molar-refractivity contribution in [3.05, 3.63) is 0 Å². The molecule has 2 fully saturated rings. The lowest BCUT2D eigenvalue weighted by atomic mass is 9.78. The minimum absolute atomic E-state index is 0.00288. The molecule has 0 spiro atoms. The quantitative estimate of drug-likeness (QED) is 0.738. The first kappa shape index (κ1) is 13.3. The van der Waals surface area contributed by atoms with Crippen LogP contribution in [0.3, 0.4) is 0 Å². The molecule has 2 aliphatic heterocycles. The summed E-state index contributed by atoms with van der Waals surface area (Å²) < 4.78 is 5.62. The Hall–Kier alpha value is -0.160. The standard InChI is InChI=1S/C13H26N2O2/c1-10-8-17-11(7-16)6-15(10)12-4-5-14-9-13(12,2)3/h10-12,14,16H,4-9H2,1-3H3. The molecule has 2 N–H and O–H groups in total. The fraction of sp³-hybridized carbons (Fsp3) is 1.00. The molecule has 2 rings (SSSR count). The van der Waals surface area contributed by atoms with Gasteiger partial charge in [0.15, 0.2) is 0 Å². The van der Waals surface area contributed by atoms with Crippen molar-refractivity contribution in [3.63, 3.8) is 0 Å². The lowest BCUT2D eigenvalue weighted by Gasteiger charge is -2.50. The molecule has 0 radical (unpaired) electrons. The summed E-state index contributed by atoms with van der Waals surface area (Å²) in [5, 5.41) is 12.7. The van der Waals surface area contributed by atoms with Crippen molar-refractivity contribution in [3.8, 4) is 0 Å². The molecule has 0 amide bonds. The average molecular weight is 242 g/mol. The van der Waals surface area contributed by atoms with E-state index in [9.17, 15) is 5.11 Å². The molecule has 0 aromatic rings. The summed E-state index contributed by atoms with van der Waals surface area (Å²) >= 11 is 0. The highest BCUT2D eigenvalue weighted by molar-refractivity contribution is 4.95. The smallest absolute Gasteiger partial charge is 0.0933 e. The van der Waals surface area contributed by atoms with Gasteiger partial charge in [-0.3, -0.25) is 4.90 Å². The molecule has 3 atom stereocenters. The van der Waals surface area contributed by atoms with Crippen LogP contribution < -0.4 is 5.32 Å². The first-order valence-corrected chi connectivity index (χ1v) is 6.73. The Labute approximate surface area is 104 Å². The predicted molar refractivity (Wildman–Crippen MR) is 68.0 cm³/mol. The maximum atomic E-state index is 9.26. The van der Waals surface area contributed by atoms with Crippen LogP contribution in [-0.4, -0.2) is 61.0 Å². The molecular formula is C13H26N2O2. The van der Waals surface area contributed by atoms with Gasteiger partial charge in [0.2, 0.25) is 0 Å². The van der Waals surface area contributed by atoms with E-state index in [0.29, 0.717) is 17.5 Å². The third kappa shape index (κ3) is 2.81. The fourth-order valence-electron chi connectivity index (χ4n) is 3.16. The number of hydrogen-bond acceptors (Lipinski definition) is 4. The van der Waals surface area contributed by atoms with Crippen molar-refractivity contribution in [2.45, 2.75) is 45.4 Å². The highest BCUT2D eigenvalue weighted by Crippen LogP contribution is 2.32. The fourth-order valence-corrected chi connectivity index (χ4v) is 3.16. The molecule has 0 bridgehead atoms. The van der Waals surface area contributed by atoms with Crippen LogP contribution in [0.2, 0.25) is 0 Å². The summed E-state index contributed by atoms with van der Waals surface area (Å²) in [6, 6.07) is 1.05. The van der Waals surface area contributed by atoms with E-state index in [1.807, 2.05) is 0 Å². The van der Waals surface area contributed by atoms with Gasteiger partial charge >= 0.3 is 0 Å². The van der Waals surface area contributed by atoms with Crippen LogP contribution in [0.4, 0.5) is 0 Å². The number of aliphatic hydroxyl groups is 1. The second-order valence-corrected chi connectivity index (χ2v) is 6.15. The zero-order valence-electron chi connectivity index (χ0n) is 11.3. The van der Waals surface area contributed by atoms with Crippen LogP contribution in [0.25, 0.3) is 0 Å². The van der Waals surface area contributed by atoms with Crippen LogP contribution in [0.1, 0.15) is 27.2 Å². The van der Waals surface area contributed by atoms with Gasteiger partial charge in [0.1, 0.15) is 0 Å². The monoisotopic (exact) mass is 242 g/mol. The normalized spacial score (nSPS) is 39.2. The van der Waals surface area contributed by atoms with E-state index in [4.69, 9.17) is 4.74 Å². The van der Waals surface area contributed by atoms with Crippen molar-refractivity contribution in [2.24, 2.45) is 5.41 Å². The number of nitrogens with zero attached hydrogens (tertiary/aromatic N) is 1. The van der Waals surface area contributed by atoms with Crippen LogP contribution in [0.5, 0.6) is 0 Å². The maximum Gasteiger partial charge on any atom is 0.0933 e. The van der Waals surface area contributed by atoms with Gasteiger partial charge in [-0.25, -0.2) is 0 Å². The van der Waals surface area contributed by atoms with Crippen LogP contribution in [-0.2, 0) is 4.74 Å². The van der Waals surface area contributed by atoms with E-state index in [1.54, 1.807) is 0 Å². The summed E-state index contributed by atoms with van der Waals surface area (Å²) in [5.41, 5.74) is 0.295. The third-order valence-corrected chi connectivity index (χ3v) is 4.23. The van der Waals surface area contributed by atoms with Gasteiger partial charge in [-0.2, -0.15) is 0 Å². The van der Waals surface area contributed by atoms with Crippen molar-refractivity contribution >= 4 is 0 Å². The number of morpholine rings is 1. The zero-order valence-corrected chi connectivity index (χ0v) is 11.3. The Bertz CT molecular complexity index is 258. The van der Waals surface area contributed by atoms with E-state index in [-0.39, 0.29) is 12.7 Å². The van der Waals surface area contributed by atoms with E-state index in [2.05, 4.69) is 31.0 Å². The van der Waals surface area contributed by atoms with Gasteiger partial charge in [0.25, 0.3) is 0 Å². The van der Waals surface area contributed by atoms with Crippen molar-refractivity contribution in [2.75, 3.05) is 32.8 Å². The zero-order chi connectivity index (χ0) is 12.5. The van der Waals surface area contributed by atoms with E-state index < -0.39 is 0 Å². The summed E-state index contributed by atoms with van der Waals surface area (Å²) in [6.07, 6.45) is 1.19. The van der Waals surface area contributed by atoms with Gasteiger partial charge in [0, 0.05) is 25.2 Å². The van der Waals surface area contributed by atoms with Gasteiger partial charge in [-0.15, -0.1) is 0 Å². The summed E-state index contributed by atoms with van der Waals surface area (Å²) in [4.78, 5) is 2.55. The number of aliphatic hydroxyl groups excluding tert-OH is 1. The molecular weight excluding hydrogens is 216 g/mol. The number of piperidine rings is 1. The minimum Gasteiger partial charge on any atom is -0.394 e. The summed E-state index contributed by atoms with van der Waals surface area (Å²) in [6.45, 7) is 10.8. The molecule has 4 nitrogen and oxygen atoms in total. The largest absolute Gasteiger partial charge is 0.394 e. The van der Waals surface area contributed by atoms with E-state index >= 15 is 0 Å². The molecule has 2 aliphatic rings. The van der Waals surface area contributed by atoms with Crippen molar-refractivity contribution in [1.29, 1.82) is 0 Å². The maximum absolute atomic E-state index is 9.26. The molecule has 4 heteroatoms. The molecule has 0 aromatic heterocycles. The van der Waals surface area contributed by atoms with E-state index in [1.165, 1.54) is 6.42 Å². The molecule has 2 heterocycles. The number of rotatable bonds is 2. The highest BCUT2D eigenvalue weighted by atomic mass is 16.5. The van der Waals surface area contributed by atoms with Crippen molar-refractivity contribution < 1.29 is 9.84 Å². The van der Waals surface area contributed by atoms with Gasteiger partial charge < -0.3 is 15.2 Å². The molecule has 100 valence electrons. The van der Waals surface area contributed by atoms with Crippen LogP contribution in [0.15, 0.2) is 0 Å². The SMILES string of the molecule is CC1COC(CO)CN1C1CCNCC1(C)C. The molecule has 0 aliphatic carbocycles. The van der Waals surface area contributed by atoms with Gasteiger partial charge in [-0.05, 0) is 25.3 Å². The lowest BCUT2D eigenvalue weighted by molar-refractivity contribution is -0.110. The highest BCUT2D eigenvalue weighted by Gasteiger charge is 2.40. The third-order valence-electron chi connectivity index (χ3n) is 4.23. The van der Waals surface area contributed by atoms with Gasteiger partial charge in [0.05, 0.1) is 19.3 Å².